The molecule has 0 aliphatic carbocycles. The largest absolute Gasteiger partial charge is 0.465 e. The van der Waals surface area contributed by atoms with Crippen molar-refractivity contribution in [2.75, 3.05) is 13.1 Å². The number of carboxylic acid groups (broad SMARTS) is 1. The molecule has 0 saturated carbocycles. The lowest BCUT2D eigenvalue weighted by molar-refractivity contribution is -0.0860. The van der Waals surface area contributed by atoms with E-state index in [0.29, 0.717) is 0 Å². The number of halogens is 2. The number of alkyl halides is 2. The van der Waals surface area contributed by atoms with Crippen molar-refractivity contribution in [3.05, 3.63) is 65.7 Å². The molecule has 3 N–H and O–H groups in total. The predicted octanol–water partition coefficient (Wildman–Crippen LogP) is 3.97. The van der Waals surface area contributed by atoms with E-state index >= 15 is 0 Å². The van der Waals surface area contributed by atoms with Crippen molar-refractivity contribution in [1.82, 2.24) is 10.2 Å². The summed E-state index contributed by atoms with van der Waals surface area (Å²) in [5.41, 5.74) is 1.89. The summed E-state index contributed by atoms with van der Waals surface area (Å²) >= 11 is 0. The Morgan fingerprint density at radius 2 is 1.74 bits per heavy atom. The van der Waals surface area contributed by atoms with Crippen LogP contribution in [0, 0.1) is 6.92 Å². The number of piperidine rings is 1. The Hall–Kier alpha value is -2.56. The Balaban J connectivity index is 0.000000262. The van der Waals surface area contributed by atoms with Crippen LogP contribution < -0.4 is 5.32 Å². The molecule has 0 spiro atoms. The van der Waals surface area contributed by atoms with Crippen molar-refractivity contribution in [1.29, 1.82) is 0 Å². The molecule has 1 amide bonds. The number of nitrogens with zero attached hydrogens (tertiary/aromatic N) is 1. The fourth-order valence-corrected chi connectivity index (χ4v) is 3.64. The van der Waals surface area contributed by atoms with Crippen LogP contribution in [0.1, 0.15) is 30.5 Å². The van der Waals surface area contributed by atoms with Gasteiger partial charge in [0.1, 0.15) is 0 Å². The van der Waals surface area contributed by atoms with Gasteiger partial charge in [0.25, 0.3) is 16.0 Å². The molecule has 0 aromatic heterocycles. The average Bonchev–Trinajstić information content (AvgIpc) is 2.70. The number of carbonyl (C=O) groups is 1. The highest BCUT2D eigenvalue weighted by atomic mass is 32.2. The minimum Gasteiger partial charge on any atom is -0.465 e. The zero-order chi connectivity index (χ0) is 23.2. The number of nitrogens with one attached hydrogen (secondary N) is 1. The third-order valence-electron chi connectivity index (χ3n) is 4.94. The Bertz CT molecular complexity index is 969. The van der Waals surface area contributed by atoms with E-state index in [1.165, 1.54) is 12.1 Å². The molecular weight excluding hydrogens is 430 g/mol. The number of hydrogen-bond donors (Lipinski definition) is 3. The summed E-state index contributed by atoms with van der Waals surface area (Å²) in [4.78, 5) is 11.5. The summed E-state index contributed by atoms with van der Waals surface area (Å²) in [6, 6.07) is 14.1. The highest BCUT2D eigenvalue weighted by Crippen LogP contribution is 2.29. The molecule has 2 aromatic carbocycles. The lowest BCUT2D eigenvalue weighted by Crippen LogP contribution is -2.58. The molecule has 1 aliphatic rings. The van der Waals surface area contributed by atoms with E-state index < -0.39 is 34.7 Å². The van der Waals surface area contributed by atoms with E-state index in [1.54, 1.807) is 12.1 Å². The third kappa shape index (κ3) is 7.27. The molecule has 170 valence electrons. The average molecular weight is 457 g/mol. The van der Waals surface area contributed by atoms with E-state index in [1.807, 2.05) is 44.2 Å². The van der Waals surface area contributed by atoms with E-state index in [-0.39, 0.29) is 23.9 Å². The SMILES string of the molecule is CC(N[C@@H]1CCN(C(=O)O)CC1(F)F)c1ccccc1.Cc1ccc(S(=O)(=O)O)cc1. The first-order chi connectivity index (χ1) is 14.4. The van der Waals surface area contributed by atoms with Gasteiger partial charge < -0.3 is 15.3 Å². The van der Waals surface area contributed by atoms with Crippen LogP contribution in [0.4, 0.5) is 13.6 Å². The van der Waals surface area contributed by atoms with Crippen LogP contribution >= 0.6 is 0 Å². The molecule has 7 nitrogen and oxygen atoms in total. The van der Waals surface area contributed by atoms with E-state index in [4.69, 9.17) is 9.66 Å². The first-order valence-electron chi connectivity index (χ1n) is 9.61. The molecule has 1 saturated heterocycles. The van der Waals surface area contributed by atoms with Gasteiger partial charge in [-0.2, -0.15) is 8.42 Å². The number of likely N-dealkylation sites (tertiary alicyclic amines) is 1. The van der Waals surface area contributed by atoms with Gasteiger partial charge in [0, 0.05) is 12.6 Å². The molecular formula is C21H26F2N2O5S. The Morgan fingerprint density at radius 1 is 1.16 bits per heavy atom. The van der Waals surface area contributed by atoms with Crippen LogP contribution in [0.2, 0.25) is 0 Å². The second-order valence-corrected chi connectivity index (χ2v) is 8.82. The molecule has 1 fully saturated rings. The van der Waals surface area contributed by atoms with Crippen molar-refractivity contribution >= 4 is 16.2 Å². The van der Waals surface area contributed by atoms with Gasteiger partial charge in [0.15, 0.2) is 0 Å². The standard InChI is InChI=1S/C14H18F2N2O2.C7H8O3S/c1-10(11-5-3-2-4-6-11)17-12-7-8-18(13(19)20)9-14(12,15)16;1-6-2-4-7(5-3-6)11(8,9)10/h2-6,10,12,17H,7-9H2,1H3,(H,19,20);2-5H,1H3,(H,8,9,10)/t10?,12-;/m1./s1. The predicted molar refractivity (Wildman–Crippen MR) is 112 cm³/mol. The zero-order valence-electron chi connectivity index (χ0n) is 17.2. The van der Waals surface area contributed by atoms with Gasteiger partial charge >= 0.3 is 6.09 Å². The molecule has 1 unspecified atom stereocenters. The molecule has 1 heterocycles. The van der Waals surface area contributed by atoms with Gasteiger partial charge in [-0.15, -0.1) is 0 Å². The zero-order valence-corrected chi connectivity index (χ0v) is 18.0. The maximum absolute atomic E-state index is 14.0. The van der Waals surface area contributed by atoms with E-state index in [2.05, 4.69) is 5.32 Å². The van der Waals surface area contributed by atoms with E-state index in [9.17, 15) is 22.0 Å². The van der Waals surface area contributed by atoms with Crippen LogP contribution in [-0.4, -0.2) is 54.1 Å². The second-order valence-electron chi connectivity index (χ2n) is 7.39. The van der Waals surface area contributed by atoms with Crippen molar-refractivity contribution in [2.45, 2.75) is 43.2 Å². The summed E-state index contributed by atoms with van der Waals surface area (Å²) in [7, 11) is -4.02. The van der Waals surface area contributed by atoms with E-state index in [0.717, 1.165) is 16.0 Å². The van der Waals surface area contributed by atoms with Crippen molar-refractivity contribution in [3.63, 3.8) is 0 Å². The normalized spacial score (nSPS) is 19.1. The summed E-state index contributed by atoms with van der Waals surface area (Å²) in [5, 5.41) is 11.7. The molecule has 0 bridgehead atoms. The summed E-state index contributed by atoms with van der Waals surface area (Å²) in [6.07, 6.45) is -1.18. The van der Waals surface area contributed by atoms with Crippen LogP contribution in [0.5, 0.6) is 0 Å². The highest BCUT2D eigenvalue weighted by molar-refractivity contribution is 7.85. The Morgan fingerprint density at radius 3 is 2.23 bits per heavy atom. The first-order valence-corrected chi connectivity index (χ1v) is 11.0. The number of rotatable bonds is 4. The fraction of sp³-hybridized carbons (Fsp3) is 0.381. The molecule has 0 radical (unpaired) electrons. The van der Waals surface area contributed by atoms with Crippen molar-refractivity contribution < 1.29 is 31.7 Å². The molecule has 10 heteroatoms. The van der Waals surface area contributed by atoms with Gasteiger partial charge in [0.2, 0.25) is 0 Å². The first kappa shape index (κ1) is 24.7. The minimum atomic E-state index is -4.02. The third-order valence-corrected chi connectivity index (χ3v) is 5.81. The quantitative estimate of drug-likeness (QED) is 0.601. The summed E-state index contributed by atoms with van der Waals surface area (Å²) < 4.78 is 57.5. The minimum absolute atomic E-state index is 0.0666. The van der Waals surface area contributed by atoms with Crippen LogP contribution in [0.15, 0.2) is 59.5 Å². The number of aryl methyl sites for hydroxylation is 1. The van der Waals surface area contributed by atoms with Crippen LogP contribution in [0.3, 0.4) is 0 Å². The van der Waals surface area contributed by atoms with Gasteiger partial charge in [-0.05, 0) is 38.0 Å². The summed E-state index contributed by atoms with van der Waals surface area (Å²) in [5.74, 6) is -3.06. The van der Waals surface area contributed by atoms with Crippen molar-refractivity contribution in [3.8, 4) is 0 Å². The fourth-order valence-electron chi connectivity index (χ4n) is 3.16. The lowest BCUT2D eigenvalue weighted by Gasteiger charge is -2.38. The lowest BCUT2D eigenvalue weighted by atomic mass is 9.98. The maximum Gasteiger partial charge on any atom is 0.407 e. The number of amides is 1. The molecule has 2 aromatic rings. The second kappa shape index (κ2) is 10.2. The van der Waals surface area contributed by atoms with Gasteiger partial charge in [0.05, 0.1) is 17.5 Å². The number of benzene rings is 2. The smallest absolute Gasteiger partial charge is 0.407 e. The molecule has 2 atom stereocenters. The van der Waals surface area contributed by atoms with Gasteiger partial charge in [-0.3, -0.25) is 4.55 Å². The molecule has 3 rings (SSSR count). The summed E-state index contributed by atoms with van der Waals surface area (Å²) in [6.45, 7) is 3.05. The van der Waals surface area contributed by atoms with Gasteiger partial charge in [-0.1, -0.05) is 48.0 Å². The molecule has 31 heavy (non-hydrogen) atoms. The highest BCUT2D eigenvalue weighted by Gasteiger charge is 2.46. The topological polar surface area (TPSA) is 107 Å². The Labute approximate surface area is 180 Å². The number of hydrogen-bond acceptors (Lipinski definition) is 4. The monoisotopic (exact) mass is 456 g/mol. The van der Waals surface area contributed by atoms with Crippen LogP contribution in [-0.2, 0) is 10.1 Å². The van der Waals surface area contributed by atoms with Crippen LogP contribution in [0.25, 0.3) is 0 Å². The molecule has 1 aliphatic heterocycles. The van der Waals surface area contributed by atoms with Gasteiger partial charge in [-0.25, -0.2) is 13.6 Å². The maximum atomic E-state index is 14.0. The Kier molecular flexibility index (Phi) is 8.10. The van der Waals surface area contributed by atoms with Crippen molar-refractivity contribution in [2.24, 2.45) is 0 Å².